The molecule has 1 unspecified atom stereocenters. The molecule has 0 aliphatic carbocycles. The lowest BCUT2D eigenvalue weighted by molar-refractivity contribution is -0.139. The van der Waals surface area contributed by atoms with Crippen LogP contribution in [0.25, 0.3) is 0 Å². The average molecular weight is 277 g/mol. The molecule has 0 aromatic carbocycles. The first-order valence-electron chi connectivity index (χ1n) is 6.39. The highest BCUT2D eigenvalue weighted by molar-refractivity contribution is 5.79. The number of hydrogen-bond donors (Lipinski definition) is 2. The molecular weight excluding hydrogens is 250 g/mol. The number of alkyl carbamates (subject to hydrolysis) is 1. The standard InChI is InChI=1S/C9H17NO4.C4H10O/c1-5-6(7(11)12)10-8(13)14-9(2,3)4;1-3-4-5-2/h6H,5H2,1-4H3,(H,10,13)(H,11,12);3-4H2,1-2H3. The molecule has 0 aromatic heterocycles. The first kappa shape index (κ1) is 20.0. The SMILES string of the molecule is CCC(NC(=O)OC(C)(C)C)C(=O)O.CCCOC. The molecule has 0 bridgehead atoms. The van der Waals surface area contributed by atoms with Crippen molar-refractivity contribution >= 4 is 12.1 Å². The van der Waals surface area contributed by atoms with Gasteiger partial charge in [0.1, 0.15) is 11.6 Å². The van der Waals surface area contributed by atoms with Gasteiger partial charge in [0.2, 0.25) is 0 Å². The Labute approximate surface area is 115 Å². The second-order valence-electron chi connectivity index (χ2n) is 4.94. The van der Waals surface area contributed by atoms with E-state index in [9.17, 15) is 9.59 Å². The van der Waals surface area contributed by atoms with Crippen molar-refractivity contribution in [2.45, 2.75) is 59.1 Å². The van der Waals surface area contributed by atoms with Crippen LogP contribution in [0.1, 0.15) is 47.5 Å². The molecule has 1 amide bonds. The van der Waals surface area contributed by atoms with Crippen molar-refractivity contribution in [3.05, 3.63) is 0 Å². The highest BCUT2D eigenvalue weighted by atomic mass is 16.6. The monoisotopic (exact) mass is 277 g/mol. The fraction of sp³-hybridized carbons (Fsp3) is 0.846. The highest BCUT2D eigenvalue weighted by Crippen LogP contribution is 2.07. The van der Waals surface area contributed by atoms with E-state index >= 15 is 0 Å². The smallest absolute Gasteiger partial charge is 0.408 e. The molecule has 0 aliphatic rings. The van der Waals surface area contributed by atoms with Gasteiger partial charge in [-0.05, 0) is 33.6 Å². The number of rotatable bonds is 5. The number of amides is 1. The molecule has 0 radical (unpaired) electrons. The summed E-state index contributed by atoms with van der Waals surface area (Å²) in [6, 6.07) is -0.884. The van der Waals surface area contributed by atoms with E-state index in [-0.39, 0.29) is 0 Å². The lowest BCUT2D eigenvalue weighted by Gasteiger charge is -2.21. The molecule has 0 saturated carbocycles. The molecule has 2 N–H and O–H groups in total. The zero-order valence-electron chi connectivity index (χ0n) is 12.8. The van der Waals surface area contributed by atoms with Gasteiger partial charge in [0.05, 0.1) is 0 Å². The third-order valence-electron chi connectivity index (χ3n) is 1.81. The van der Waals surface area contributed by atoms with Crippen LogP contribution in [0, 0.1) is 0 Å². The Bertz CT molecular complexity index is 258. The number of ether oxygens (including phenoxy) is 2. The molecule has 0 aliphatic heterocycles. The van der Waals surface area contributed by atoms with Crippen molar-refractivity contribution in [3.8, 4) is 0 Å². The molecule has 0 aromatic rings. The van der Waals surface area contributed by atoms with E-state index in [0.29, 0.717) is 6.42 Å². The minimum absolute atomic E-state index is 0.328. The number of nitrogens with one attached hydrogen (secondary N) is 1. The highest BCUT2D eigenvalue weighted by Gasteiger charge is 2.22. The van der Waals surface area contributed by atoms with E-state index in [1.54, 1.807) is 34.8 Å². The number of methoxy groups -OCH3 is 1. The van der Waals surface area contributed by atoms with Crippen molar-refractivity contribution in [1.82, 2.24) is 5.32 Å². The van der Waals surface area contributed by atoms with Crippen LogP contribution in [0.4, 0.5) is 4.79 Å². The maximum absolute atomic E-state index is 11.1. The number of aliphatic carboxylic acids is 1. The van der Waals surface area contributed by atoms with Gasteiger partial charge in [-0.2, -0.15) is 0 Å². The van der Waals surface area contributed by atoms with Crippen molar-refractivity contribution in [2.75, 3.05) is 13.7 Å². The van der Waals surface area contributed by atoms with E-state index < -0.39 is 23.7 Å². The number of carboxylic acid groups (broad SMARTS) is 1. The second kappa shape index (κ2) is 10.6. The Morgan fingerprint density at radius 2 is 1.79 bits per heavy atom. The number of carboxylic acids is 1. The maximum atomic E-state index is 11.1. The van der Waals surface area contributed by atoms with Crippen LogP contribution in [0.3, 0.4) is 0 Å². The summed E-state index contributed by atoms with van der Waals surface area (Å²) in [6.07, 6.45) is 0.747. The van der Waals surface area contributed by atoms with Crippen LogP contribution < -0.4 is 5.32 Å². The lowest BCUT2D eigenvalue weighted by atomic mass is 10.2. The van der Waals surface area contributed by atoms with Crippen LogP contribution in [0.5, 0.6) is 0 Å². The minimum Gasteiger partial charge on any atom is -0.480 e. The molecule has 0 spiro atoms. The van der Waals surface area contributed by atoms with Gasteiger partial charge in [0.25, 0.3) is 0 Å². The molecule has 0 saturated heterocycles. The molecule has 0 fully saturated rings. The Balaban J connectivity index is 0. The minimum atomic E-state index is -1.06. The third kappa shape index (κ3) is 14.6. The molecular formula is C13H27NO5. The molecule has 19 heavy (non-hydrogen) atoms. The summed E-state index contributed by atoms with van der Waals surface area (Å²) >= 11 is 0. The van der Waals surface area contributed by atoms with Crippen molar-refractivity contribution in [2.24, 2.45) is 0 Å². The summed E-state index contributed by atoms with van der Waals surface area (Å²) < 4.78 is 9.60. The topological polar surface area (TPSA) is 84.9 Å². The Hall–Kier alpha value is -1.30. The van der Waals surface area contributed by atoms with E-state index in [2.05, 4.69) is 12.2 Å². The van der Waals surface area contributed by atoms with Gasteiger partial charge in [0.15, 0.2) is 0 Å². The predicted octanol–water partition coefficient (Wildman–Crippen LogP) is 2.42. The molecule has 0 rings (SSSR count). The molecule has 6 heteroatoms. The van der Waals surface area contributed by atoms with Crippen molar-refractivity contribution in [1.29, 1.82) is 0 Å². The molecule has 114 valence electrons. The van der Waals surface area contributed by atoms with Crippen molar-refractivity contribution in [3.63, 3.8) is 0 Å². The summed E-state index contributed by atoms with van der Waals surface area (Å²) in [7, 11) is 1.71. The van der Waals surface area contributed by atoms with Crippen LogP contribution in [0.2, 0.25) is 0 Å². The molecule has 6 nitrogen and oxygen atoms in total. The zero-order chi connectivity index (χ0) is 15.5. The predicted molar refractivity (Wildman–Crippen MR) is 73.3 cm³/mol. The van der Waals surface area contributed by atoms with Crippen LogP contribution in [-0.2, 0) is 14.3 Å². The zero-order valence-corrected chi connectivity index (χ0v) is 12.8. The van der Waals surface area contributed by atoms with Gasteiger partial charge in [-0.1, -0.05) is 13.8 Å². The van der Waals surface area contributed by atoms with Crippen LogP contribution in [-0.4, -0.2) is 42.5 Å². The normalized spacial score (nSPS) is 11.9. The number of hydrogen-bond acceptors (Lipinski definition) is 4. The number of carbonyl (C=O) groups is 2. The summed E-state index contributed by atoms with van der Waals surface area (Å²) in [6.45, 7) is 9.80. The maximum Gasteiger partial charge on any atom is 0.408 e. The first-order chi connectivity index (χ1) is 8.67. The Kier molecular flexibility index (Phi) is 11.2. The van der Waals surface area contributed by atoms with E-state index in [1.165, 1.54) is 0 Å². The summed E-state index contributed by atoms with van der Waals surface area (Å²) in [4.78, 5) is 21.7. The van der Waals surface area contributed by atoms with Gasteiger partial charge in [0, 0.05) is 13.7 Å². The van der Waals surface area contributed by atoms with E-state index in [1.807, 2.05) is 0 Å². The summed E-state index contributed by atoms with van der Waals surface area (Å²) in [5.74, 6) is -1.06. The quantitative estimate of drug-likeness (QED) is 0.806. The largest absolute Gasteiger partial charge is 0.480 e. The first-order valence-corrected chi connectivity index (χ1v) is 6.39. The third-order valence-corrected chi connectivity index (χ3v) is 1.81. The Morgan fingerprint density at radius 1 is 1.26 bits per heavy atom. The Morgan fingerprint density at radius 3 is 2.00 bits per heavy atom. The van der Waals surface area contributed by atoms with Gasteiger partial charge >= 0.3 is 12.1 Å². The van der Waals surface area contributed by atoms with Crippen LogP contribution >= 0.6 is 0 Å². The fourth-order valence-corrected chi connectivity index (χ4v) is 0.992. The number of carbonyl (C=O) groups excluding carboxylic acids is 1. The molecule has 1 atom stereocenters. The van der Waals surface area contributed by atoms with Gasteiger partial charge in [-0.15, -0.1) is 0 Å². The molecule has 0 heterocycles. The van der Waals surface area contributed by atoms with E-state index in [0.717, 1.165) is 13.0 Å². The lowest BCUT2D eigenvalue weighted by Crippen LogP contribution is -2.43. The fourth-order valence-electron chi connectivity index (χ4n) is 0.992. The van der Waals surface area contributed by atoms with Gasteiger partial charge in [-0.25, -0.2) is 9.59 Å². The van der Waals surface area contributed by atoms with Crippen LogP contribution in [0.15, 0.2) is 0 Å². The summed E-state index contributed by atoms with van der Waals surface area (Å²) in [5.41, 5.74) is -0.610. The second-order valence-corrected chi connectivity index (χ2v) is 4.94. The average Bonchev–Trinajstić information content (AvgIpc) is 2.25. The van der Waals surface area contributed by atoms with E-state index in [4.69, 9.17) is 14.6 Å². The van der Waals surface area contributed by atoms with Crippen molar-refractivity contribution < 1.29 is 24.2 Å². The van der Waals surface area contributed by atoms with Gasteiger partial charge in [-0.3, -0.25) is 0 Å². The van der Waals surface area contributed by atoms with Gasteiger partial charge < -0.3 is 19.9 Å². The summed E-state index contributed by atoms with van der Waals surface area (Å²) in [5, 5.41) is 10.9.